The summed E-state index contributed by atoms with van der Waals surface area (Å²) in [5, 5.41) is 0. The van der Waals surface area contributed by atoms with Crippen LogP contribution in [0.1, 0.15) is 0 Å². The molecule has 35 atom stereocenters. The maximum Gasteiger partial charge on any atom is 0.187 e. The number of methoxy groups -OCH3 is 21. The van der Waals surface area contributed by atoms with Gasteiger partial charge in [0, 0.05) is 149 Å². The van der Waals surface area contributed by atoms with Crippen LogP contribution in [-0.2, 0) is 166 Å². The monoisotopic (exact) mass is 1430 g/mol. The van der Waals surface area contributed by atoms with Crippen LogP contribution in [0.15, 0.2) is 0 Å². The third-order valence-corrected chi connectivity index (χ3v) is 19.3. The molecule has 0 aliphatic carbocycles. The van der Waals surface area contributed by atoms with Crippen molar-refractivity contribution >= 4 is 0 Å². The molecule has 98 heavy (non-hydrogen) atoms. The van der Waals surface area contributed by atoms with Gasteiger partial charge in [0.05, 0.1) is 46.2 Å². The van der Waals surface area contributed by atoms with E-state index in [-0.39, 0.29) is 46.2 Å². The van der Waals surface area contributed by atoms with Crippen molar-refractivity contribution in [2.75, 3.05) is 196 Å². The van der Waals surface area contributed by atoms with Crippen molar-refractivity contribution in [2.45, 2.75) is 215 Å². The standard InChI is InChI=1S/C63H112O35/c1-64-22-29-36-43(71-8)50(78-15)57(85-29)93-37-30(23-65-2)87-59(52(80-17)44(37)72-9)95-39-32(25-67-4)89-61(54(82-19)46(39)74-11)97-41-34(27-69-6)91-63(56(84-21)48(41)76-13)98-42-35(28-70-7)90-62(55(83-20)49(42)77-14)96-40-33(26-68-5)88-60(53(81-18)47(40)75-12)94-38-31(24-66-3)86-58(92-36)51(79-16)45(38)73-10/h29-63H,22-28H2,1-21H3/t29?,30?,31?,32?,33?,34?,35?,36?,37?,38?,39?,40?,41?,42?,43-,44-,45-,46-,47-,48-,49-,50-,51-,52-,53-,54-,55-,56-,57-,58-,59-,60-,61-,62-,63-/m1/s1. The van der Waals surface area contributed by atoms with Gasteiger partial charge in [0.2, 0.25) is 0 Å². The largest absolute Gasteiger partial charge is 0.382 e. The lowest BCUT2D eigenvalue weighted by molar-refractivity contribution is -0.402. The summed E-state index contributed by atoms with van der Waals surface area (Å²) in [5.74, 6) is 0. The number of ether oxygens (including phenoxy) is 35. The quantitative estimate of drug-likeness (QED) is 0.0861. The molecule has 0 saturated carbocycles. The second kappa shape index (κ2) is 40.4. The Morgan fingerprint density at radius 1 is 0.143 bits per heavy atom. The van der Waals surface area contributed by atoms with Crippen LogP contribution in [-0.4, -0.2) is 410 Å². The Labute approximate surface area is 574 Å². The molecule has 21 heterocycles. The van der Waals surface area contributed by atoms with E-state index in [0.717, 1.165) is 0 Å². The predicted octanol–water partition coefficient (Wildman–Crippen LogP) is -1.49. The van der Waals surface area contributed by atoms with E-state index in [2.05, 4.69) is 0 Å². The highest BCUT2D eigenvalue weighted by Crippen LogP contribution is 2.43. The van der Waals surface area contributed by atoms with Crippen LogP contribution in [0, 0.1) is 0 Å². The molecule has 21 saturated heterocycles. The molecule has 574 valence electrons. The summed E-state index contributed by atoms with van der Waals surface area (Å²) in [7, 11) is 31.7. The van der Waals surface area contributed by atoms with Crippen LogP contribution in [0.3, 0.4) is 0 Å². The molecule has 21 aliphatic heterocycles. The summed E-state index contributed by atoms with van der Waals surface area (Å²) in [6.45, 7) is -0.267. The van der Waals surface area contributed by atoms with Crippen LogP contribution < -0.4 is 0 Å². The SMILES string of the molecule is COCC1O[C@@H]2OC3C(COC)O[C@H](OC4C(COC)O[C@H](OC5C(COC)O[C@H](OC6C(COC)O[C@H](OC7C(COC)O[C@H](OC8C(COC)O[C@H](OC1[C@@H](OC)[C@H]2OC)[C@H](OC)[C@@H]8OC)[C@H](OC)[C@@H]7OC)[C@H](OC)[C@@H]6OC)[C@H](OC)[C@@H]5OC)[C@H](OC)[C@@H]4OC)[C@H](OC)[C@@H]3OC. The van der Waals surface area contributed by atoms with E-state index < -0.39 is 215 Å². The van der Waals surface area contributed by atoms with Gasteiger partial charge in [-0.2, -0.15) is 0 Å². The van der Waals surface area contributed by atoms with Crippen LogP contribution in [0.2, 0.25) is 0 Å². The van der Waals surface area contributed by atoms with Gasteiger partial charge in [-0.3, -0.25) is 0 Å². The third kappa shape index (κ3) is 17.8. The molecule has 0 spiro atoms. The van der Waals surface area contributed by atoms with Crippen LogP contribution >= 0.6 is 0 Å². The molecule has 14 bridgehead atoms. The smallest absolute Gasteiger partial charge is 0.187 e. The average molecular weight is 1430 g/mol. The highest BCUT2D eigenvalue weighted by molar-refractivity contribution is 5.04. The number of hydrogen-bond donors (Lipinski definition) is 0. The molecule has 35 heteroatoms. The maximum absolute atomic E-state index is 7.03. The fourth-order valence-electron chi connectivity index (χ4n) is 14.9. The average Bonchev–Trinajstić information content (AvgIpc) is 0.768. The van der Waals surface area contributed by atoms with Crippen molar-refractivity contribution in [2.24, 2.45) is 0 Å². The van der Waals surface area contributed by atoms with Crippen molar-refractivity contribution in [3.63, 3.8) is 0 Å². The highest BCUT2D eigenvalue weighted by Gasteiger charge is 2.62. The molecule has 0 radical (unpaired) electrons. The van der Waals surface area contributed by atoms with Gasteiger partial charge < -0.3 is 166 Å². The van der Waals surface area contributed by atoms with E-state index in [0.29, 0.717) is 0 Å². The summed E-state index contributed by atoms with van der Waals surface area (Å²) in [5.41, 5.74) is 0. The topological polar surface area (TPSA) is 323 Å². The van der Waals surface area contributed by atoms with E-state index in [9.17, 15) is 0 Å². The Hall–Kier alpha value is -1.40. The van der Waals surface area contributed by atoms with Gasteiger partial charge >= 0.3 is 0 Å². The second-order valence-corrected chi connectivity index (χ2v) is 24.5. The van der Waals surface area contributed by atoms with Gasteiger partial charge in [-0.1, -0.05) is 0 Å². The summed E-state index contributed by atoms with van der Waals surface area (Å²) < 4.78 is 226. The van der Waals surface area contributed by atoms with Gasteiger partial charge in [-0.05, 0) is 0 Å². The van der Waals surface area contributed by atoms with E-state index in [1.54, 1.807) is 0 Å². The molecule has 21 aliphatic rings. The molecular formula is C63H112O35. The van der Waals surface area contributed by atoms with Crippen LogP contribution in [0.25, 0.3) is 0 Å². The molecule has 35 nitrogen and oxygen atoms in total. The molecule has 0 aromatic rings. The summed E-state index contributed by atoms with van der Waals surface area (Å²) >= 11 is 0. The van der Waals surface area contributed by atoms with Crippen molar-refractivity contribution in [3.8, 4) is 0 Å². The normalized spacial score (nSPS) is 46.1. The Morgan fingerprint density at radius 2 is 0.245 bits per heavy atom. The summed E-state index contributed by atoms with van der Waals surface area (Å²) in [4.78, 5) is 0. The first-order chi connectivity index (χ1) is 47.7. The van der Waals surface area contributed by atoms with Gasteiger partial charge in [0.1, 0.15) is 171 Å². The molecule has 0 aromatic carbocycles. The van der Waals surface area contributed by atoms with Gasteiger partial charge in [-0.25, -0.2) is 0 Å². The first-order valence-electron chi connectivity index (χ1n) is 32.7. The molecule has 0 aromatic heterocycles. The summed E-state index contributed by atoms with van der Waals surface area (Å²) in [6.07, 6.45) is -35.9. The molecular weight excluding hydrogens is 1320 g/mol. The Balaban J connectivity index is 1.23. The molecule has 14 unspecified atom stereocenters. The molecule has 21 fully saturated rings. The minimum atomic E-state index is -1.22. The Bertz CT molecular complexity index is 1800. The highest BCUT2D eigenvalue weighted by atomic mass is 16.8. The molecule has 0 amide bonds. The lowest BCUT2D eigenvalue weighted by Gasteiger charge is -2.52. The molecule has 0 N–H and O–H groups in total. The Morgan fingerprint density at radius 3 is 0.327 bits per heavy atom. The minimum Gasteiger partial charge on any atom is -0.382 e. The Kier molecular flexibility index (Phi) is 33.9. The van der Waals surface area contributed by atoms with E-state index in [1.807, 2.05) is 0 Å². The zero-order chi connectivity index (χ0) is 70.9. The van der Waals surface area contributed by atoms with Crippen molar-refractivity contribution < 1.29 is 166 Å². The first-order valence-corrected chi connectivity index (χ1v) is 32.7. The van der Waals surface area contributed by atoms with E-state index in [4.69, 9.17) is 166 Å². The zero-order valence-corrected chi connectivity index (χ0v) is 60.4. The fraction of sp³-hybridized carbons (Fsp3) is 1.00. The van der Waals surface area contributed by atoms with Crippen molar-refractivity contribution in [1.82, 2.24) is 0 Å². The third-order valence-electron chi connectivity index (χ3n) is 19.3. The van der Waals surface area contributed by atoms with Gasteiger partial charge in [0.25, 0.3) is 0 Å². The lowest BCUT2D eigenvalue weighted by Crippen LogP contribution is -2.69. The zero-order valence-electron chi connectivity index (χ0n) is 60.4. The summed E-state index contributed by atoms with van der Waals surface area (Å²) in [6, 6.07) is 0. The predicted molar refractivity (Wildman–Crippen MR) is 329 cm³/mol. The van der Waals surface area contributed by atoms with Crippen molar-refractivity contribution in [3.05, 3.63) is 0 Å². The van der Waals surface area contributed by atoms with Gasteiger partial charge in [0.15, 0.2) is 44.0 Å². The minimum absolute atomic E-state index is 0.0381. The second-order valence-electron chi connectivity index (χ2n) is 24.5. The number of hydrogen-bond acceptors (Lipinski definition) is 35. The van der Waals surface area contributed by atoms with Crippen LogP contribution in [0.4, 0.5) is 0 Å². The number of rotatable bonds is 28. The van der Waals surface area contributed by atoms with E-state index >= 15 is 0 Å². The fourth-order valence-corrected chi connectivity index (χ4v) is 14.9. The maximum atomic E-state index is 7.03. The molecule has 21 rings (SSSR count). The van der Waals surface area contributed by atoms with Crippen molar-refractivity contribution in [1.29, 1.82) is 0 Å². The van der Waals surface area contributed by atoms with Gasteiger partial charge in [-0.15, -0.1) is 0 Å². The van der Waals surface area contributed by atoms with E-state index in [1.165, 1.54) is 149 Å². The van der Waals surface area contributed by atoms with Crippen LogP contribution in [0.5, 0.6) is 0 Å². The first kappa shape index (κ1) is 82.3. The lowest BCUT2D eigenvalue weighted by atomic mass is 9.94.